The fourth-order valence-electron chi connectivity index (χ4n) is 2.42. The van der Waals surface area contributed by atoms with E-state index in [-0.39, 0.29) is 11.8 Å². The van der Waals surface area contributed by atoms with Crippen molar-refractivity contribution in [2.45, 2.75) is 19.8 Å². The van der Waals surface area contributed by atoms with Crippen LogP contribution >= 0.6 is 11.3 Å². The highest BCUT2D eigenvalue weighted by molar-refractivity contribution is 7.18. The second-order valence-corrected chi connectivity index (χ2v) is 6.22. The predicted molar refractivity (Wildman–Crippen MR) is 89.4 cm³/mol. The third kappa shape index (κ3) is 3.19. The van der Waals surface area contributed by atoms with Crippen LogP contribution in [0.25, 0.3) is 0 Å². The molecule has 1 fully saturated rings. The normalized spacial score (nSPS) is 14.2. The molecule has 2 heterocycles. The van der Waals surface area contributed by atoms with Crippen LogP contribution < -0.4 is 15.0 Å². The number of benzene rings is 1. The molecule has 0 atom stereocenters. The van der Waals surface area contributed by atoms with Crippen molar-refractivity contribution in [1.82, 2.24) is 4.98 Å². The highest BCUT2D eigenvalue weighted by atomic mass is 32.1. The monoisotopic (exact) mass is 331 g/mol. The van der Waals surface area contributed by atoms with Gasteiger partial charge in [-0.2, -0.15) is 0 Å². The summed E-state index contributed by atoms with van der Waals surface area (Å²) in [7, 11) is 1.59. The number of rotatable bonds is 4. The number of aromatic nitrogens is 1. The Hall–Kier alpha value is -2.41. The summed E-state index contributed by atoms with van der Waals surface area (Å²) in [5.41, 5.74) is 1.32. The fraction of sp³-hybridized carbons (Fsp3) is 0.312. The number of nitrogens with one attached hydrogen (secondary N) is 1. The lowest BCUT2D eigenvalue weighted by atomic mass is 10.3. The molecule has 0 saturated carbocycles. The van der Waals surface area contributed by atoms with Gasteiger partial charge in [-0.15, -0.1) is 0 Å². The van der Waals surface area contributed by atoms with Gasteiger partial charge in [0.2, 0.25) is 5.91 Å². The van der Waals surface area contributed by atoms with Crippen molar-refractivity contribution < 1.29 is 14.3 Å². The lowest BCUT2D eigenvalue weighted by molar-refractivity contribution is -0.117. The van der Waals surface area contributed by atoms with E-state index >= 15 is 0 Å². The second kappa shape index (κ2) is 6.37. The molecule has 1 aromatic heterocycles. The van der Waals surface area contributed by atoms with Crippen LogP contribution in [0.2, 0.25) is 0 Å². The molecular formula is C16H17N3O3S. The largest absolute Gasteiger partial charge is 0.497 e. The van der Waals surface area contributed by atoms with Crippen LogP contribution in [0.3, 0.4) is 0 Å². The molecule has 2 aromatic rings. The average molecular weight is 331 g/mol. The maximum absolute atomic E-state index is 12.4. The summed E-state index contributed by atoms with van der Waals surface area (Å²) in [6, 6.07) is 7.11. The summed E-state index contributed by atoms with van der Waals surface area (Å²) in [5.74, 6) is 0.579. The Labute approximate surface area is 138 Å². The summed E-state index contributed by atoms with van der Waals surface area (Å²) in [6.45, 7) is 2.45. The lowest BCUT2D eigenvalue weighted by Gasteiger charge is -2.10. The molecule has 1 aliphatic rings. The number of carbonyl (C=O) groups excluding carboxylic acids is 2. The molecule has 1 aliphatic heterocycles. The minimum absolute atomic E-state index is 0.0702. The number of hydrogen-bond acceptors (Lipinski definition) is 5. The van der Waals surface area contributed by atoms with Crippen molar-refractivity contribution in [3.8, 4) is 5.75 Å². The van der Waals surface area contributed by atoms with Gasteiger partial charge in [-0.3, -0.25) is 14.5 Å². The molecule has 2 amide bonds. The number of hydrogen-bond donors (Lipinski definition) is 1. The van der Waals surface area contributed by atoms with E-state index in [1.807, 2.05) is 0 Å². The molecule has 0 aliphatic carbocycles. The van der Waals surface area contributed by atoms with E-state index in [9.17, 15) is 9.59 Å². The van der Waals surface area contributed by atoms with Gasteiger partial charge in [0, 0.05) is 18.7 Å². The average Bonchev–Trinajstić information content (AvgIpc) is 3.13. The SMILES string of the molecule is COc1ccc(NC(=O)c2sc(N3CCCC3=O)nc2C)cc1. The molecule has 1 N–H and O–H groups in total. The maximum atomic E-state index is 12.4. The molecule has 0 bridgehead atoms. The first kappa shape index (κ1) is 15.5. The fourth-order valence-corrected chi connectivity index (χ4v) is 3.43. The minimum Gasteiger partial charge on any atom is -0.497 e. The van der Waals surface area contributed by atoms with Gasteiger partial charge in [-0.05, 0) is 37.6 Å². The number of anilines is 2. The molecule has 1 saturated heterocycles. The number of methoxy groups -OCH3 is 1. The molecule has 3 rings (SSSR count). The third-order valence-electron chi connectivity index (χ3n) is 3.64. The van der Waals surface area contributed by atoms with Crippen LogP contribution in [0, 0.1) is 6.92 Å². The van der Waals surface area contributed by atoms with Gasteiger partial charge in [0.1, 0.15) is 10.6 Å². The molecular weight excluding hydrogens is 314 g/mol. The maximum Gasteiger partial charge on any atom is 0.267 e. The summed E-state index contributed by atoms with van der Waals surface area (Å²) >= 11 is 1.25. The van der Waals surface area contributed by atoms with Crippen LogP contribution in [0.5, 0.6) is 5.75 Å². The van der Waals surface area contributed by atoms with E-state index in [0.717, 1.165) is 12.2 Å². The van der Waals surface area contributed by atoms with Crippen molar-refractivity contribution in [1.29, 1.82) is 0 Å². The Morgan fingerprint density at radius 3 is 2.70 bits per heavy atom. The highest BCUT2D eigenvalue weighted by Crippen LogP contribution is 2.30. The van der Waals surface area contributed by atoms with Gasteiger partial charge in [-0.25, -0.2) is 4.98 Å². The predicted octanol–water partition coefficient (Wildman–Crippen LogP) is 2.84. The number of ether oxygens (including phenoxy) is 1. The summed E-state index contributed by atoms with van der Waals surface area (Å²) in [5, 5.41) is 3.44. The van der Waals surface area contributed by atoms with Crippen LogP contribution in [0.1, 0.15) is 28.2 Å². The number of carbonyl (C=O) groups is 2. The van der Waals surface area contributed by atoms with Crippen molar-refractivity contribution in [3.05, 3.63) is 34.8 Å². The Balaban J connectivity index is 1.76. The van der Waals surface area contributed by atoms with Crippen LogP contribution in [0.15, 0.2) is 24.3 Å². The number of aryl methyl sites for hydroxylation is 1. The van der Waals surface area contributed by atoms with E-state index in [2.05, 4.69) is 10.3 Å². The highest BCUT2D eigenvalue weighted by Gasteiger charge is 2.26. The van der Waals surface area contributed by atoms with Crippen molar-refractivity contribution in [2.75, 3.05) is 23.9 Å². The first-order chi connectivity index (χ1) is 11.1. The van der Waals surface area contributed by atoms with Crippen LogP contribution in [-0.2, 0) is 4.79 Å². The molecule has 120 valence electrons. The number of nitrogens with zero attached hydrogens (tertiary/aromatic N) is 2. The quantitative estimate of drug-likeness (QED) is 0.935. The van der Waals surface area contributed by atoms with Gasteiger partial charge in [0.15, 0.2) is 5.13 Å². The van der Waals surface area contributed by atoms with E-state index in [1.54, 1.807) is 43.2 Å². The van der Waals surface area contributed by atoms with Crippen molar-refractivity contribution in [3.63, 3.8) is 0 Å². The topological polar surface area (TPSA) is 71.5 Å². The third-order valence-corrected chi connectivity index (χ3v) is 4.82. The molecule has 6 nitrogen and oxygen atoms in total. The zero-order chi connectivity index (χ0) is 16.4. The molecule has 0 radical (unpaired) electrons. The number of amides is 2. The summed E-state index contributed by atoms with van der Waals surface area (Å²) < 4.78 is 5.09. The molecule has 0 spiro atoms. The Morgan fingerprint density at radius 2 is 2.09 bits per heavy atom. The molecule has 1 aromatic carbocycles. The Morgan fingerprint density at radius 1 is 1.35 bits per heavy atom. The molecule has 23 heavy (non-hydrogen) atoms. The van der Waals surface area contributed by atoms with Crippen molar-refractivity contribution >= 4 is 34.0 Å². The zero-order valence-corrected chi connectivity index (χ0v) is 13.8. The summed E-state index contributed by atoms with van der Waals surface area (Å²) in [4.78, 5) is 30.8. The smallest absolute Gasteiger partial charge is 0.267 e. The van der Waals surface area contributed by atoms with Crippen LogP contribution in [0.4, 0.5) is 10.8 Å². The van der Waals surface area contributed by atoms with E-state index < -0.39 is 0 Å². The van der Waals surface area contributed by atoms with Gasteiger partial charge in [-0.1, -0.05) is 11.3 Å². The molecule has 0 unspecified atom stereocenters. The van der Waals surface area contributed by atoms with Gasteiger partial charge >= 0.3 is 0 Å². The van der Waals surface area contributed by atoms with Gasteiger partial charge in [0.05, 0.1) is 12.8 Å². The minimum atomic E-state index is -0.219. The van der Waals surface area contributed by atoms with E-state index in [1.165, 1.54) is 11.3 Å². The number of thiazole rings is 1. The summed E-state index contributed by atoms with van der Waals surface area (Å²) in [6.07, 6.45) is 1.39. The standard InChI is InChI=1S/C16H17N3O3S/c1-10-14(23-16(17-10)19-9-3-4-13(19)20)15(21)18-11-5-7-12(22-2)8-6-11/h5-8H,3-4,9H2,1-2H3,(H,18,21). The van der Waals surface area contributed by atoms with Gasteiger partial charge in [0.25, 0.3) is 5.91 Å². The first-order valence-corrected chi connectivity index (χ1v) is 8.13. The Bertz CT molecular complexity index is 740. The lowest BCUT2D eigenvalue weighted by Crippen LogP contribution is -2.23. The zero-order valence-electron chi connectivity index (χ0n) is 13.0. The molecule has 7 heteroatoms. The van der Waals surface area contributed by atoms with Crippen LogP contribution in [-0.4, -0.2) is 30.5 Å². The second-order valence-electron chi connectivity index (χ2n) is 5.24. The van der Waals surface area contributed by atoms with Crippen molar-refractivity contribution in [2.24, 2.45) is 0 Å². The van der Waals surface area contributed by atoms with E-state index in [4.69, 9.17) is 4.74 Å². The first-order valence-electron chi connectivity index (χ1n) is 7.31. The van der Waals surface area contributed by atoms with Gasteiger partial charge < -0.3 is 10.1 Å². The van der Waals surface area contributed by atoms with E-state index in [0.29, 0.717) is 34.4 Å². The Kier molecular flexibility index (Phi) is 4.29.